The average molecular weight is 322 g/mol. The summed E-state index contributed by atoms with van der Waals surface area (Å²) in [5, 5.41) is 15.4. The quantitative estimate of drug-likeness (QED) is 0.854. The van der Waals surface area contributed by atoms with Crippen LogP contribution in [0, 0.1) is 6.92 Å². The molecule has 2 N–H and O–H groups in total. The summed E-state index contributed by atoms with van der Waals surface area (Å²) in [6.45, 7) is 1.81. The van der Waals surface area contributed by atoms with E-state index in [1.54, 1.807) is 29.6 Å². The van der Waals surface area contributed by atoms with Crippen LogP contribution >= 0.6 is 22.9 Å². The molecule has 0 saturated carbocycles. The Hall–Kier alpha value is -1.69. The van der Waals surface area contributed by atoms with Gasteiger partial charge in [0.2, 0.25) is 0 Å². The zero-order valence-electron chi connectivity index (χ0n) is 11.1. The van der Waals surface area contributed by atoms with Gasteiger partial charge in [-0.3, -0.25) is 9.59 Å². The number of thiophene rings is 1. The lowest BCUT2D eigenvalue weighted by Gasteiger charge is -2.20. The molecule has 0 aliphatic carbocycles. The van der Waals surface area contributed by atoms with Gasteiger partial charge >= 0.3 is 0 Å². The van der Waals surface area contributed by atoms with Gasteiger partial charge in [0.1, 0.15) is 0 Å². The third kappa shape index (κ3) is 2.18. The number of carbonyl (C=O) groups is 2. The maximum atomic E-state index is 12.2. The van der Waals surface area contributed by atoms with E-state index in [-0.39, 0.29) is 17.2 Å². The first-order valence-electron chi connectivity index (χ1n) is 6.33. The van der Waals surface area contributed by atoms with E-state index >= 15 is 0 Å². The van der Waals surface area contributed by atoms with Crippen molar-refractivity contribution in [1.29, 1.82) is 0 Å². The van der Waals surface area contributed by atoms with Crippen molar-refractivity contribution in [2.75, 3.05) is 5.32 Å². The maximum absolute atomic E-state index is 12.2. The van der Waals surface area contributed by atoms with Crippen LogP contribution in [0.15, 0.2) is 29.6 Å². The van der Waals surface area contributed by atoms with E-state index in [2.05, 4.69) is 5.32 Å². The Balaban J connectivity index is 2.05. The first-order chi connectivity index (χ1) is 9.93. The molecule has 4 nitrogen and oxygen atoms in total. The molecule has 2 heterocycles. The average Bonchev–Trinajstić information content (AvgIpc) is 3.03. The molecule has 1 aliphatic rings. The standard InChI is InChI=1S/C15H12ClNO3S/c1-8-4-5-9(16)12-13(8)17-14(19)15(12,20)7-10(18)11-3-2-6-21-11/h2-6,20H,7H2,1H3,(H,17,19)/t15-/m0/s1. The van der Waals surface area contributed by atoms with E-state index in [1.807, 2.05) is 6.92 Å². The molecule has 108 valence electrons. The minimum atomic E-state index is -1.92. The fraction of sp³-hybridized carbons (Fsp3) is 0.200. The molecule has 0 unspecified atom stereocenters. The highest BCUT2D eigenvalue weighted by Gasteiger charge is 2.48. The van der Waals surface area contributed by atoms with Crippen LogP contribution in [0.2, 0.25) is 5.02 Å². The molecule has 1 aromatic carbocycles. The number of aryl methyl sites for hydroxylation is 1. The number of ketones is 1. The normalized spacial score (nSPS) is 20.2. The highest BCUT2D eigenvalue weighted by atomic mass is 35.5. The largest absolute Gasteiger partial charge is 0.375 e. The first-order valence-corrected chi connectivity index (χ1v) is 7.59. The van der Waals surface area contributed by atoms with Crippen LogP contribution in [0.5, 0.6) is 0 Å². The number of aliphatic hydroxyl groups is 1. The van der Waals surface area contributed by atoms with Gasteiger partial charge in [-0.25, -0.2) is 0 Å². The number of Topliss-reactive ketones (excluding diaryl/α,β-unsaturated/α-hetero) is 1. The highest BCUT2D eigenvalue weighted by molar-refractivity contribution is 7.12. The Morgan fingerprint density at radius 1 is 1.43 bits per heavy atom. The molecule has 6 heteroatoms. The zero-order chi connectivity index (χ0) is 15.2. The van der Waals surface area contributed by atoms with Crippen LogP contribution < -0.4 is 5.32 Å². The van der Waals surface area contributed by atoms with Crippen molar-refractivity contribution in [3.05, 3.63) is 50.7 Å². The summed E-state index contributed by atoms with van der Waals surface area (Å²) in [5.74, 6) is -0.897. The molecule has 3 rings (SSSR count). The number of anilines is 1. The van der Waals surface area contributed by atoms with Gasteiger partial charge in [0.25, 0.3) is 5.91 Å². The van der Waals surface area contributed by atoms with Crippen molar-refractivity contribution in [3.8, 4) is 0 Å². The second-order valence-electron chi connectivity index (χ2n) is 5.01. The molecule has 0 saturated heterocycles. The van der Waals surface area contributed by atoms with Crippen molar-refractivity contribution < 1.29 is 14.7 Å². The molecule has 2 aromatic rings. The highest BCUT2D eigenvalue weighted by Crippen LogP contribution is 2.44. The summed E-state index contributed by atoms with van der Waals surface area (Å²) in [4.78, 5) is 24.9. The van der Waals surface area contributed by atoms with E-state index in [0.29, 0.717) is 16.1 Å². The minimum Gasteiger partial charge on any atom is -0.375 e. The van der Waals surface area contributed by atoms with E-state index in [9.17, 15) is 14.7 Å². The molecule has 21 heavy (non-hydrogen) atoms. The summed E-state index contributed by atoms with van der Waals surface area (Å²) < 4.78 is 0. The summed E-state index contributed by atoms with van der Waals surface area (Å²) in [6, 6.07) is 6.80. The molecule has 0 spiro atoms. The zero-order valence-corrected chi connectivity index (χ0v) is 12.7. The van der Waals surface area contributed by atoms with Gasteiger partial charge < -0.3 is 10.4 Å². The van der Waals surface area contributed by atoms with Crippen molar-refractivity contribution in [3.63, 3.8) is 0 Å². The third-order valence-corrected chi connectivity index (χ3v) is 4.83. The summed E-state index contributed by atoms with van der Waals surface area (Å²) in [5.41, 5.74) is -0.338. The number of rotatable bonds is 3. The Morgan fingerprint density at radius 2 is 2.19 bits per heavy atom. The molecular weight excluding hydrogens is 310 g/mol. The predicted octanol–water partition coefficient (Wildman–Crippen LogP) is 3.12. The topological polar surface area (TPSA) is 66.4 Å². The minimum absolute atomic E-state index is 0.274. The van der Waals surface area contributed by atoms with Crippen molar-refractivity contribution in [1.82, 2.24) is 0 Å². The molecule has 1 atom stereocenters. The second-order valence-corrected chi connectivity index (χ2v) is 6.36. The van der Waals surface area contributed by atoms with Gasteiger partial charge in [-0.2, -0.15) is 0 Å². The Kier molecular flexibility index (Phi) is 3.36. The smallest absolute Gasteiger partial charge is 0.261 e. The Bertz CT molecular complexity index is 742. The molecular formula is C15H12ClNO3S. The van der Waals surface area contributed by atoms with Crippen molar-refractivity contribution in [2.24, 2.45) is 0 Å². The third-order valence-electron chi connectivity index (χ3n) is 3.60. The van der Waals surface area contributed by atoms with Crippen LogP contribution in [-0.2, 0) is 10.4 Å². The van der Waals surface area contributed by atoms with Gasteiger partial charge in [-0.15, -0.1) is 11.3 Å². The summed E-state index contributed by atoms with van der Waals surface area (Å²) in [7, 11) is 0. The Labute approximate surface area is 130 Å². The first kappa shape index (κ1) is 14.3. The number of nitrogens with one attached hydrogen (secondary N) is 1. The molecule has 1 amide bonds. The Morgan fingerprint density at radius 3 is 2.86 bits per heavy atom. The summed E-state index contributed by atoms with van der Waals surface area (Å²) in [6.07, 6.45) is -0.324. The molecule has 1 aliphatic heterocycles. The van der Waals surface area contributed by atoms with E-state index in [4.69, 9.17) is 11.6 Å². The SMILES string of the molecule is Cc1ccc(Cl)c2c1NC(=O)[C@]2(O)CC(=O)c1cccs1. The number of hydrogen-bond donors (Lipinski definition) is 2. The number of benzene rings is 1. The van der Waals surface area contributed by atoms with Crippen molar-refractivity contribution in [2.45, 2.75) is 18.9 Å². The lowest BCUT2D eigenvalue weighted by atomic mass is 9.88. The number of fused-ring (bicyclic) bond motifs is 1. The van der Waals surface area contributed by atoms with Gasteiger partial charge in [0, 0.05) is 10.6 Å². The van der Waals surface area contributed by atoms with Crippen molar-refractivity contribution >= 4 is 40.3 Å². The van der Waals surface area contributed by atoms with E-state index in [0.717, 1.165) is 5.56 Å². The van der Waals surface area contributed by atoms with Crippen LogP contribution in [0.3, 0.4) is 0 Å². The monoisotopic (exact) mass is 321 g/mol. The van der Waals surface area contributed by atoms with Crippen LogP contribution in [0.25, 0.3) is 0 Å². The fourth-order valence-electron chi connectivity index (χ4n) is 2.50. The number of carbonyl (C=O) groups excluding carboxylic acids is 2. The predicted molar refractivity (Wildman–Crippen MR) is 82.0 cm³/mol. The number of amides is 1. The number of hydrogen-bond acceptors (Lipinski definition) is 4. The summed E-state index contributed by atoms with van der Waals surface area (Å²) >= 11 is 7.42. The fourth-order valence-corrected chi connectivity index (χ4v) is 3.48. The molecule has 0 bridgehead atoms. The lowest BCUT2D eigenvalue weighted by Crippen LogP contribution is -2.36. The molecule has 1 aromatic heterocycles. The lowest BCUT2D eigenvalue weighted by molar-refractivity contribution is -0.133. The maximum Gasteiger partial charge on any atom is 0.261 e. The van der Waals surface area contributed by atoms with E-state index in [1.165, 1.54) is 11.3 Å². The second kappa shape index (κ2) is 4.94. The van der Waals surface area contributed by atoms with Gasteiger partial charge in [-0.05, 0) is 30.0 Å². The van der Waals surface area contributed by atoms with Crippen LogP contribution in [0.1, 0.15) is 27.2 Å². The number of halogens is 1. The molecule has 0 fully saturated rings. The van der Waals surface area contributed by atoms with Gasteiger partial charge in [0.15, 0.2) is 11.4 Å². The molecule has 0 radical (unpaired) electrons. The van der Waals surface area contributed by atoms with Crippen LogP contribution in [-0.4, -0.2) is 16.8 Å². The van der Waals surface area contributed by atoms with E-state index < -0.39 is 11.5 Å². The van der Waals surface area contributed by atoms with Gasteiger partial charge in [0.05, 0.1) is 17.0 Å². The van der Waals surface area contributed by atoms with Crippen LogP contribution in [0.4, 0.5) is 5.69 Å². The van der Waals surface area contributed by atoms with Gasteiger partial charge in [-0.1, -0.05) is 23.7 Å².